The molecule has 0 unspecified atom stereocenters. The molecule has 2 rings (SSSR count). The Kier molecular flexibility index (Phi) is 6.94. The van der Waals surface area contributed by atoms with E-state index in [1.165, 1.54) is 0 Å². The van der Waals surface area contributed by atoms with Crippen molar-refractivity contribution in [3.8, 4) is 0 Å². The average Bonchev–Trinajstić information content (AvgIpc) is 2.81. The number of hydrogen-bond acceptors (Lipinski definition) is 5. The fraction of sp³-hybridized carbons (Fsp3) is 0.800. The zero-order chi connectivity index (χ0) is 18.6. The summed E-state index contributed by atoms with van der Waals surface area (Å²) in [5.41, 5.74) is 0.907. The molecule has 1 aliphatic carbocycles. The minimum absolute atomic E-state index is 0.0193. The molecule has 25 heavy (non-hydrogen) atoms. The Morgan fingerprint density at radius 2 is 2.00 bits per heavy atom. The second-order valence-electron chi connectivity index (χ2n) is 8.88. The molecule has 1 fully saturated rings. The standard InChI is InChI=1S/C20H35N3O2/c1-13(2)6-8-21-17-11-18(25)16(12-24)15(17)10-14-7-9-22-19(23-14)20(3,4)5/h7,9,13,15-18,21,24-25H,6,8,10-12H2,1-5H3/t15-,16-,17-,18-/m1/s1. The van der Waals surface area contributed by atoms with Gasteiger partial charge in [-0.05, 0) is 43.7 Å². The molecular weight excluding hydrogens is 314 g/mol. The summed E-state index contributed by atoms with van der Waals surface area (Å²) in [6.45, 7) is 11.7. The van der Waals surface area contributed by atoms with E-state index < -0.39 is 6.10 Å². The minimum Gasteiger partial charge on any atom is -0.396 e. The summed E-state index contributed by atoms with van der Waals surface area (Å²) < 4.78 is 0. The highest BCUT2D eigenvalue weighted by Crippen LogP contribution is 2.35. The molecule has 0 aromatic carbocycles. The molecule has 5 heteroatoms. The van der Waals surface area contributed by atoms with Gasteiger partial charge in [0.2, 0.25) is 0 Å². The SMILES string of the molecule is CC(C)CCN[C@@H]1C[C@@H](O)[C@H](CO)[C@H]1Cc1ccnc(C(C)(C)C)n1. The molecule has 1 aliphatic rings. The molecule has 0 saturated heterocycles. The van der Waals surface area contributed by atoms with Crippen LogP contribution in [0.4, 0.5) is 0 Å². The number of hydrogen-bond donors (Lipinski definition) is 3. The van der Waals surface area contributed by atoms with Crippen LogP contribution in [0.25, 0.3) is 0 Å². The smallest absolute Gasteiger partial charge is 0.133 e. The number of aromatic nitrogens is 2. The van der Waals surface area contributed by atoms with Crippen LogP contribution in [0.1, 0.15) is 59.0 Å². The highest BCUT2D eigenvalue weighted by molar-refractivity contribution is 5.11. The summed E-state index contributed by atoms with van der Waals surface area (Å²) in [5, 5.41) is 23.8. The third kappa shape index (κ3) is 5.47. The largest absolute Gasteiger partial charge is 0.396 e. The van der Waals surface area contributed by atoms with Crippen LogP contribution in [0.5, 0.6) is 0 Å². The van der Waals surface area contributed by atoms with E-state index in [0.29, 0.717) is 12.3 Å². The predicted molar refractivity (Wildman–Crippen MR) is 100 cm³/mol. The lowest BCUT2D eigenvalue weighted by Crippen LogP contribution is -2.37. The molecule has 1 heterocycles. The van der Waals surface area contributed by atoms with E-state index in [9.17, 15) is 10.2 Å². The van der Waals surface area contributed by atoms with Crippen molar-refractivity contribution in [2.75, 3.05) is 13.2 Å². The van der Waals surface area contributed by atoms with Crippen molar-refractivity contribution in [3.63, 3.8) is 0 Å². The van der Waals surface area contributed by atoms with Gasteiger partial charge in [-0.2, -0.15) is 0 Å². The first-order valence-electron chi connectivity index (χ1n) is 9.57. The van der Waals surface area contributed by atoms with Crippen LogP contribution in [-0.2, 0) is 11.8 Å². The monoisotopic (exact) mass is 349 g/mol. The molecule has 4 atom stereocenters. The van der Waals surface area contributed by atoms with Gasteiger partial charge in [0.15, 0.2) is 0 Å². The van der Waals surface area contributed by atoms with Crippen molar-refractivity contribution in [2.45, 2.75) is 71.4 Å². The van der Waals surface area contributed by atoms with Crippen molar-refractivity contribution in [3.05, 3.63) is 23.8 Å². The van der Waals surface area contributed by atoms with E-state index in [1.807, 2.05) is 12.3 Å². The molecule has 5 nitrogen and oxygen atoms in total. The predicted octanol–water partition coefficient (Wildman–Crippen LogP) is 2.31. The molecule has 0 spiro atoms. The van der Waals surface area contributed by atoms with E-state index in [1.54, 1.807) is 0 Å². The van der Waals surface area contributed by atoms with Crippen molar-refractivity contribution < 1.29 is 10.2 Å². The third-order valence-corrected chi connectivity index (χ3v) is 5.22. The molecule has 0 amide bonds. The Balaban J connectivity index is 2.12. The van der Waals surface area contributed by atoms with Crippen LogP contribution in [-0.4, -0.2) is 45.5 Å². The number of nitrogens with zero attached hydrogens (tertiary/aromatic N) is 2. The van der Waals surface area contributed by atoms with Crippen molar-refractivity contribution in [1.29, 1.82) is 0 Å². The quantitative estimate of drug-likeness (QED) is 0.704. The maximum absolute atomic E-state index is 10.4. The number of rotatable bonds is 7. The highest BCUT2D eigenvalue weighted by atomic mass is 16.3. The fourth-order valence-corrected chi connectivity index (χ4v) is 3.65. The van der Waals surface area contributed by atoms with Crippen molar-refractivity contribution in [2.24, 2.45) is 17.8 Å². The van der Waals surface area contributed by atoms with Gasteiger partial charge < -0.3 is 15.5 Å². The Labute approximate surface area is 152 Å². The van der Waals surface area contributed by atoms with E-state index in [2.05, 4.69) is 44.9 Å². The minimum atomic E-state index is -0.449. The van der Waals surface area contributed by atoms with Crippen molar-refractivity contribution in [1.82, 2.24) is 15.3 Å². The molecule has 1 saturated carbocycles. The first-order valence-corrected chi connectivity index (χ1v) is 9.57. The summed E-state index contributed by atoms with van der Waals surface area (Å²) >= 11 is 0. The lowest BCUT2D eigenvalue weighted by molar-refractivity contribution is 0.0715. The summed E-state index contributed by atoms with van der Waals surface area (Å²) in [4.78, 5) is 9.14. The summed E-state index contributed by atoms with van der Waals surface area (Å²) in [5.74, 6) is 1.59. The van der Waals surface area contributed by atoms with E-state index in [0.717, 1.165) is 30.9 Å². The van der Waals surface area contributed by atoms with Crippen LogP contribution in [0.3, 0.4) is 0 Å². The van der Waals surface area contributed by atoms with Crippen LogP contribution in [0, 0.1) is 17.8 Å². The van der Waals surface area contributed by atoms with Gasteiger partial charge in [0, 0.05) is 35.9 Å². The Morgan fingerprint density at radius 1 is 1.28 bits per heavy atom. The lowest BCUT2D eigenvalue weighted by Gasteiger charge is -2.26. The maximum Gasteiger partial charge on any atom is 0.133 e. The molecule has 1 aromatic rings. The fourth-order valence-electron chi connectivity index (χ4n) is 3.65. The van der Waals surface area contributed by atoms with Crippen LogP contribution < -0.4 is 5.32 Å². The lowest BCUT2D eigenvalue weighted by atomic mass is 9.88. The van der Waals surface area contributed by atoms with Gasteiger partial charge in [-0.25, -0.2) is 9.97 Å². The van der Waals surface area contributed by atoms with Gasteiger partial charge in [0.1, 0.15) is 5.82 Å². The van der Waals surface area contributed by atoms with E-state index in [4.69, 9.17) is 4.98 Å². The van der Waals surface area contributed by atoms with Gasteiger partial charge in [0.05, 0.1) is 6.10 Å². The van der Waals surface area contributed by atoms with Gasteiger partial charge in [-0.15, -0.1) is 0 Å². The molecule has 0 aliphatic heterocycles. The summed E-state index contributed by atoms with van der Waals surface area (Å²) in [6.07, 6.45) is 3.95. The first kappa shape index (κ1) is 20.3. The van der Waals surface area contributed by atoms with Gasteiger partial charge in [-0.3, -0.25) is 0 Å². The summed E-state index contributed by atoms with van der Waals surface area (Å²) in [6, 6.07) is 2.18. The highest BCUT2D eigenvalue weighted by Gasteiger charge is 2.42. The second kappa shape index (κ2) is 8.56. The third-order valence-electron chi connectivity index (χ3n) is 5.22. The maximum atomic E-state index is 10.4. The Morgan fingerprint density at radius 3 is 2.60 bits per heavy atom. The topological polar surface area (TPSA) is 78.3 Å². The number of aliphatic hydroxyl groups is 2. The van der Waals surface area contributed by atoms with E-state index in [-0.39, 0.29) is 29.9 Å². The molecule has 1 aromatic heterocycles. The van der Waals surface area contributed by atoms with Crippen molar-refractivity contribution >= 4 is 0 Å². The van der Waals surface area contributed by atoms with E-state index >= 15 is 0 Å². The normalized spacial score (nSPS) is 27.2. The number of nitrogens with one attached hydrogen (secondary N) is 1. The van der Waals surface area contributed by atoms with Gasteiger partial charge in [-0.1, -0.05) is 34.6 Å². The van der Waals surface area contributed by atoms with Crippen LogP contribution >= 0.6 is 0 Å². The molecule has 0 radical (unpaired) electrons. The number of aliphatic hydroxyl groups excluding tert-OH is 2. The molecule has 3 N–H and O–H groups in total. The molecule has 142 valence electrons. The van der Waals surface area contributed by atoms with Crippen LogP contribution in [0.2, 0.25) is 0 Å². The Hall–Kier alpha value is -1.04. The second-order valence-corrected chi connectivity index (χ2v) is 8.88. The first-order chi connectivity index (χ1) is 11.7. The zero-order valence-corrected chi connectivity index (χ0v) is 16.4. The Bertz CT molecular complexity index is 542. The molecule has 0 bridgehead atoms. The van der Waals surface area contributed by atoms with Crippen LogP contribution in [0.15, 0.2) is 12.3 Å². The molecular formula is C20H35N3O2. The zero-order valence-electron chi connectivity index (χ0n) is 16.4. The average molecular weight is 350 g/mol. The summed E-state index contributed by atoms with van der Waals surface area (Å²) in [7, 11) is 0. The van der Waals surface area contributed by atoms with Gasteiger partial charge in [0.25, 0.3) is 0 Å². The van der Waals surface area contributed by atoms with Gasteiger partial charge >= 0.3 is 0 Å².